The molecule has 0 bridgehead atoms. The summed E-state index contributed by atoms with van der Waals surface area (Å²) in [6, 6.07) is 4.12. The Morgan fingerprint density at radius 2 is 2.00 bits per heavy atom. The Balaban J connectivity index is 1.55. The van der Waals surface area contributed by atoms with Gasteiger partial charge in [0, 0.05) is 10.6 Å². The van der Waals surface area contributed by atoms with E-state index in [9.17, 15) is 9.59 Å². The number of aromatic amines is 1. The molecule has 158 valence electrons. The first-order chi connectivity index (χ1) is 14.2. The molecule has 0 fully saturated rings. The minimum absolute atomic E-state index is 0.0904. The third-order valence-corrected chi connectivity index (χ3v) is 7.86. The molecule has 30 heavy (non-hydrogen) atoms. The maximum atomic E-state index is 12.8. The molecule has 2 atom stereocenters. The lowest BCUT2D eigenvalue weighted by Crippen LogP contribution is -2.24. The highest BCUT2D eigenvalue weighted by molar-refractivity contribution is 8.00. The average Bonchev–Trinajstić information content (AvgIpc) is 3.01. The van der Waals surface area contributed by atoms with Crippen molar-refractivity contribution in [3.05, 3.63) is 49.6 Å². The molecular weight excluding hydrogens is 414 g/mol. The lowest BCUT2D eigenvalue weighted by Gasteiger charge is -2.17. The zero-order chi connectivity index (χ0) is 21.6. The van der Waals surface area contributed by atoms with Gasteiger partial charge in [-0.05, 0) is 69.6 Å². The number of aromatic nitrogens is 2. The summed E-state index contributed by atoms with van der Waals surface area (Å²) in [5.41, 5.74) is 5.21. The Morgan fingerprint density at radius 1 is 1.30 bits per heavy atom. The van der Waals surface area contributed by atoms with Crippen LogP contribution in [-0.4, -0.2) is 21.1 Å². The summed E-state index contributed by atoms with van der Waals surface area (Å²) in [5, 5.41) is 3.90. The van der Waals surface area contributed by atoms with Gasteiger partial charge >= 0.3 is 0 Å². The van der Waals surface area contributed by atoms with E-state index in [1.807, 2.05) is 27.7 Å². The third kappa shape index (κ3) is 4.05. The second kappa shape index (κ2) is 8.19. The molecule has 2 N–H and O–H groups in total. The minimum atomic E-state index is -0.389. The van der Waals surface area contributed by atoms with Crippen molar-refractivity contribution in [2.45, 2.75) is 64.3 Å². The molecule has 0 saturated carbocycles. The monoisotopic (exact) mass is 441 g/mol. The number of fused-ring (bicyclic) bond motifs is 3. The van der Waals surface area contributed by atoms with Gasteiger partial charge in [0.05, 0.1) is 10.6 Å². The Morgan fingerprint density at radius 3 is 2.70 bits per heavy atom. The number of thiophene rings is 1. The van der Waals surface area contributed by atoms with Crippen molar-refractivity contribution in [3.63, 3.8) is 0 Å². The maximum Gasteiger partial charge on any atom is 0.260 e. The lowest BCUT2D eigenvalue weighted by atomic mass is 9.89. The molecule has 3 aromatic rings. The van der Waals surface area contributed by atoms with Crippen LogP contribution in [-0.2, 0) is 17.6 Å². The fourth-order valence-corrected chi connectivity index (χ4v) is 6.45. The quantitative estimate of drug-likeness (QED) is 0.433. The zero-order valence-corrected chi connectivity index (χ0v) is 19.6. The first-order valence-corrected chi connectivity index (χ1v) is 12.0. The molecule has 0 saturated heterocycles. The summed E-state index contributed by atoms with van der Waals surface area (Å²) in [6.45, 7) is 10.1. The van der Waals surface area contributed by atoms with E-state index in [-0.39, 0.29) is 16.7 Å². The second-order valence-corrected chi connectivity index (χ2v) is 10.8. The summed E-state index contributed by atoms with van der Waals surface area (Å²) in [5.74, 6) is 0.549. The highest BCUT2D eigenvalue weighted by Gasteiger charge is 2.24. The maximum absolute atomic E-state index is 12.8. The molecule has 0 aliphatic heterocycles. The van der Waals surface area contributed by atoms with E-state index in [0.717, 1.165) is 46.3 Å². The van der Waals surface area contributed by atoms with E-state index < -0.39 is 0 Å². The van der Waals surface area contributed by atoms with Crippen LogP contribution in [0.25, 0.3) is 10.2 Å². The summed E-state index contributed by atoms with van der Waals surface area (Å²) in [4.78, 5) is 35.2. The van der Waals surface area contributed by atoms with E-state index >= 15 is 0 Å². The van der Waals surface area contributed by atoms with Crippen LogP contribution >= 0.6 is 23.1 Å². The Hall–Kier alpha value is -2.12. The first kappa shape index (κ1) is 21.1. The number of hydrogen-bond acceptors (Lipinski definition) is 5. The number of carbonyl (C=O) groups is 1. The van der Waals surface area contributed by atoms with E-state index in [0.29, 0.717) is 11.1 Å². The minimum Gasteiger partial charge on any atom is -0.325 e. The lowest BCUT2D eigenvalue weighted by molar-refractivity contribution is -0.115. The van der Waals surface area contributed by atoms with Crippen LogP contribution in [0.4, 0.5) is 5.69 Å². The fraction of sp³-hybridized carbons (Fsp3) is 0.435. The molecule has 1 aliphatic rings. The molecule has 2 heterocycles. The molecular formula is C23H27N3O2S2. The Kier molecular flexibility index (Phi) is 5.77. The van der Waals surface area contributed by atoms with Gasteiger partial charge < -0.3 is 10.3 Å². The van der Waals surface area contributed by atoms with Gasteiger partial charge in [-0.1, -0.05) is 36.4 Å². The number of aryl methyl sites for hydroxylation is 4. The standard InChI is InChI=1S/C23H27N3O2S2/c1-11-6-7-16-17(10-11)30-22-18(16)21(28)25-23(26-22)29-15(5)20(27)24-19-13(3)8-12(2)9-14(19)4/h8-9,11,15H,6-7,10H2,1-5H3,(H,24,27)(H,25,26,28). The van der Waals surface area contributed by atoms with Crippen LogP contribution in [0.2, 0.25) is 0 Å². The summed E-state index contributed by atoms with van der Waals surface area (Å²) >= 11 is 2.92. The number of H-pyrrole nitrogens is 1. The van der Waals surface area contributed by atoms with Crippen molar-refractivity contribution < 1.29 is 4.79 Å². The number of nitrogens with zero attached hydrogens (tertiary/aromatic N) is 1. The number of benzene rings is 1. The molecule has 1 aliphatic carbocycles. The van der Waals surface area contributed by atoms with Gasteiger partial charge in [-0.2, -0.15) is 0 Å². The predicted molar refractivity (Wildman–Crippen MR) is 126 cm³/mol. The molecule has 1 aromatic carbocycles. The largest absolute Gasteiger partial charge is 0.325 e. The van der Waals surface area contributed by atoms with E-state index in [4.69, 9.17) is 0 Å². The number of hydrogen-bond donors (Lipinski definition) is 2. The van der Waals surface area contributed by atoms with Gasteiger partial charge in [-0.25, -0.2) is 4.98 Å². The van der Waals surface area contributed by atoms with Crippen LogP contribution < -0.4 is 10.9 Å². The first-order valence-electron chi connectivity index (χ1n) is 10.3. The smallest absolute Gasteiger partial charge is 0.260 e. The number of amides is 1. The number of thioether (sulfide) groups is 1. The number of carbonyl (C=O) groups excluding carboxylic acids is 1. The molecule has 2 unspecified atom stereocenters. The van der Waals surface area contributed by atoms with Gasteiger partial charge in [0.1, 0.15) is 4.83 Å². The van der Waals surface area contributed by atoms with Crippen molar-refractivity contribution in [2.24, 2.45) is 5.92 Å². The molecule has 1 amide bonds. The molecule has 7 heteroatoms. The van der Waals surface area contributed by atoms with Crippen molar-refractivity contribution >= 4 is 44.9 Å². The molecule has 4 rings (SSSR count). The van der Waals surface area contributed by atoms with Gasteiger partial charge in [0.2, 0.25) is 5.91 Å². The van der Waals surface area contributed by atoms with Crippen LogP contribution in [0.1, 0.15) is 47.4 Å². The van der Waals surface area contributed by atoms with Crippen molar-refractivity contribution in [3.8, 4) is 0 Å². The number of nitrogens with one attached hydrogen (secondary N) is 2. The number of rotatable bonds is 4. The fourth-order valence-electron chi connectivity index (χ4n) is 4.21. The van der Waals surface area contributed by atoms with Crippen molar-refractivity contribution in [1.82, 2.24) is 9.97 Å². The highest BCUT2D eigenvalue weighted by atomic mass is 32.2. The van der Waals surface area contributed by atoms with Crippen LogP contribution in [0, 0.1) is 26.7 Å². The second-order valence-electron chi connectivity index (χ2n) is 8.43. The van der Waals surface area contributed by atoms with Gasteiger partial charge in [-0.15, -0.1) is 11.3 Å². The topological polar surface area (TPSA) is 74.8 Å². The number of anilines is 1. The summed E-state index contributed by atoms with van der Waals surface area (Å²) < 4.78 is 0. The van der Waals surface area contributed by atoms with Crippen LogP contribution in [0.15, 0.2) is 22.1 Å². The molecule has 0 spiro atoms. The van der Waals surface area contributed by atoms with Crippen molar-refractivity contribution in [1.29, 1.82) is 0 Å². The normalized spacial score (nSPS) is 17.0. The van der Waals surface area contributed by atoms with E-state index in [2.05, 4.69) is 34.3 Å². The van der Waals surface area contributed by atoms with Crippen LogP contribution in [0.3, 0.4) is 0 Å². The summed E-state index contributed by atoms with van der Waals surface area (Å²) in [6.07, 6.45) is 3.08. The van der Waals surface area contributed by atoms with E-state index in [1.165, 1.54) is 27.8 Å². The SMILES string of the molecule is Cc1cc(C)c(NC(=O)C(C)Sc2nc3sc4c(c3c(=O)[nH]2)CCC(C)C4)c(C)c1. The molecule has 0 radical (unpaired) electrons. The molecule has 5 nitrogen and oxygen atoms in total. The average molecular weight is 442 g/mol. The van der Waals surface area contributed by atoms with Gasteiger partial charge in [-0.3, -0.25) is 9.59 Å². The zero-order valence-electron chi connectivity index (χ0n) is 18.0. The van der Waals surface area contributed by atoms with Gasteiger partial charge in [0.25, 0.3) is 5.56 Å². The highest BCUT2D eigenvalue weighted by Crippen LogP contribution is 2.36. The summed E-state index contributed by atoms with van der Waals surface area (Å²) in [7, 11) is 0. The van der Waals surface area contributed by atoms with Crippen molar-refractivity contribution in [2.75, 3.05) is 5.32 Å². The molecule has 2 aromatic heterocycles. The van der Waals surface area contributed by atoms with E-state index in [1.54, 1.807) is 11.3 Å². The van der Waals surface area contributed by atoms with Gasteiger partial charge in [0.15, 0.2) is 5.16 Å². The Labute approximate surface area is 184 Å². The predicted octanol–water partition coefficient (Wildman–Crippen LogP) is 5.15. The van der Waals surface area contributed by atoms with Crippen LogP contribution in [0.5, 0.6) is 0 Å². The Bertz CT molecular complexity index is 1170. The third-order valence-electron chi connectivity index (χ3n) is 5.73.